The van der Waals surface area contributed by atoms with Crippen LogP contribution in [-0.4, -0.2) is 37.1 Å². The third-order valence-corrected chi connectivity index (χ3v) is 6.58. The molecular weight excluding hydrogens is 431 g/mol. The van der Waals surface area contributed by atoms with Gasteiger partial charge in [0.15, 0.2) is 0 Å². The zero-order chi connectivity index (χ0) is 20.0. The summed E-state index contributed by atoms with van der Waals surface area (Å²) in [5.41, 5.74) is -3.46. The van der Waals surface area contributed by atoms with Gasteiger partial charge in [0.1, 0.15) is 0 Å². The lowest BCUT2D eigenvalue weighted by molar-refractivity contribution is -0.128. The lowest BCUT2D eigenvalue weighted by Crippen LogP contribution is -2.30. The molecule has 0 heterocycles. The van der Waals surface area contributed by atoms with Crippen molar-refractivity contribution in [2.45, 2.75) is 39.8 Å². The number of alkyl halides is 2. The average molecular weight is 456 g/mol. The number of halogens is 3. The van der Waals surface area contributed by atoms with Crippen LogP contribution in [-0.2, 0) is 30.5 Å². The zero-order valence-electron chi connectivity index (χ0n) is 15.4. The van der Waals surface area contributed by atoms with Crippen molar-refractivity contribution in [3.8, 4) is 0 Å². The summed E-state index contributed by atoms with van der Waals surface area (Å²) in [4.78, 5) is 13.1. The summed E-state index contributed by atoms with van der Waals surface area (Å²) in [5, 5.41) is 0. The van der Waals surface area contributed by atoms with Crippen LogP contribution in [0.2, 0.25) is 0 Å². The van der Waals surface area contributed by atoms with E-state index >= 15 is 0 Å². The number of hydrogen-bond acceptors (Lipinski definition) is 4. The SMILES string of the molecule is CCOP(=O)(OCC)C(F)(F)c1ccc(CCN(CC)C(C)=O)cc1Br. The van der Waals surface area contributed by atoms with Crippen LogP contribution in [0, 0.1) is 0 Å². The molecule has 0 aliphatic carbocycles. The first kappa shape index (κ1) is 23.2. The van der Waals surface area contributed by atoms with Gasteiger partial charge in [-0.1, -0.05) is 28.1 Å². The van der Waals surface area contributed by atoms with Crippen molar-refractivity contribution in [1.82, 2.24) is 4.90 Å². The highest BCUT2D eigenvalue weighted by molar-refractivity contribution is 9.10. The summed E-state index contributed by atoms with van der Waals surface area (Å²) >= 11 is 3.14. The highest BCUT2D eigenvalue weighted by Crippen LogP contribution is 2.67. The molecule has 1 aromatic carbocycles. The molecule has 0 aliphatic rings. The van der Waals surface area contributed by atoms with Gasteiger partial charge in [0.05, 0.1) is 13.2 Å². The summed E-state index contributed by atoms with van der Waals surface area (Å²) in [6.07, 6.45) is 0.520. The Kier molecular flexibility index (Phi) is 8.86. The van der Waals surface area contributed by atoms with Crippen molar-refractivity contribution in [3.05, 3.63) is 33.8 Å². The third-order valence-electron chi connectivity index (χ3n) is 3.80. The molecular formula is C17H25BrF2NO4P. The number of nitrogens with zero attached hydrogens (tertiary/aromatic N) is 1. The van der Waals surface area contributed by atoms with Gasteiger partial charge >= 0.3 is 13.3 Å². The molecule has 1 amide bonds. The largest absolute Gasteiger partial charge is 0.404 e. The number of likely N-dealkylation sites (N-methyl/N-ethyl adjacent to an activating group) is 1. The van der Waals surface area contributed by atoms with Crippen LogP contribution in [0.15, 0.2) is 22.7 Å². The van der Waals surface area contributed by atoms with Crippen molar-refractivity contribution in [1.29, 1.82) is 0 Å². The quantitative estimate of drug-likeness (QED) is 0.456. The summed E-state index contributed by atoms with van der Waals surface area (Å²) in [6.45, 7) is 7.09. The standard InChI is InChI=1S/C17H25BrF2NO4P/c1-5-21(13(4)22)11-10-14-8-9-15(16(18)12-14)17(19,20)26(23,24-6-2)25-7-3/h8-9,12H,5-7,10-11H2,1-4H3. The molecule has 26 heavy (non-hydrogen) atoms. The third kappa shape index (κ3) is 5.35. The van der Waals surface area contributed by atoms with Gasteiger partial charge in [-0.05, 0) is 38.8 Å². The number of rotatable bonds is 10. The molecule has 0 aromatic heterocycles. The van der Waals surface area contributed by atoms with Gasteiger partial charge in [-0.2, -0.15) is 8.78 Å². The Morgan fingerprint density at radius 2 is 1.81 bits per heavy atom. The molecule has 148 valence electrons. The fraction of sp³-hybridized carbons (Fsp3) is 0.588. The van der Waals surface area contributed by atoms with Crippen LogP contribution in [0.4, 0.5) is 8.78 Å². The maximum absolute atomic E-state index is 14.8. The van der Waals surface area contributed by atoms with Gasteiger partial charge in [-0.25, -0.2) is 0 Å². The van der Waals surface area contributed by atoms with Gasteiger partial charge in [0, 0.05) is 30.0 Å². The second-order valence-corrected chi connectivity index (χ2v) is 8.46. The fourth-order valence-electron chi connectivity index (χ4n) is 2.45. The van der Waals surface area contributed by atoms with Crippen LogP contribution < -0.4 is 0 Å². The fourth-order valence-corrected chi connectivity index (χ4v) is 4.84. The monoisotopic (exact) mass is 455 g/mol. The van der Waals surface area contributed by atoms with E-state index < -0.39 is 18.8 Å². The first-order valence-corrected chi connectivity index (χ1v) is 10.8. The highest BCUT2D eigenvalue weighted by atomic mass is 79.9. The number of carbonyl (C=O) groups excluding carboxylic acids is 1. The minimum Gasteiger partial charge on any atom is -0.343 e. The van der Waals surface area contributed by atoms with Crippen LogP contribution >= 0.6 is 23.5 Å². The van der Waals surface area contributed by atoms with Gasteiger partial charge in [0.25, 0.3) is 0 Å². The zero-order valence-corrected chi connectivity index (χ0v) is 17.9. The summed E-state index contributed by atoms with van der Waals surface area (Å²) in [6, 6.07) is 4.29. The van der Waals surface area contributed by atoms with E-state index in [1.54, 1.807) is 11.0 Å². The molecule has 5 nitrogen and oxygen atoms in total. The molecule has 0 atom stereocenters. The van der Waals surface area contributed by atoms with Crippen LogP contribution in [0.1, 0.15) is 38.8 Å². The Morgan fingerprint density at radius 1 is 1.23 bits per heavy atom. The van der Waals surface area contributed by atoms with Crippen molar-refractivity contribution in [3.63, 3.8) is 0 Å². The molecule has 0 unspecified atom stereocenters. The molecule has 0 saturated carbocycles. The van der Waals surface area contributed by atoms with Crippen molar-refractivity contribution in [2.75, 3.05) is 26.3 Å². The summed E-state index contributed by atoms with van der Waals surface area (Å²) < 4.78 is 52.0. The van der Waals surface area contributed by atoms with Crippen molar-refractivity contribution >= 4 is 29.4 Å². The first-order chi connectivity index (χ1) is 12.1. The normalized spacial score (nSPS) is 12.3. The van der Waals surface area contributed by atoms with Crippen LogP contribution in [0.5, 0.6) is 0 Å². The molecule has 0 spiro atoms. The van der Waals surface area contributed by atoms with Crippen molar-refractivity contribution in [2.24, 2.45) is 0 Å². The van der Waals surface area contributed by atoms with E-state index in [-0.39, 0.29) is 23.6 Å². The topological polar surface area (TPSA) is 55.8 Å². The molecule has 0 bridgehead atoms. The highest BCUT2D eigenvalue weighted by Gasteiger charge is 2.55. The molecule has 0 fully saturated rings. The Balaban J connectivity index is 3.08. The number of hydrogen-bond donors (Lipinski definition) is 0. The maximum atomic E-state index is 14.8. The van der Waals surface area contributed by atoms with E-state index in [0.29, 0.717) is 19.5 Å². The summed E-state index contributed by atoms with van der Waals surface area (Å²) in [7, 11) is -4.65. The second-order valence-electron chi connectivity index (χ2n) is 5.54. The van der Waals surface area contributed by atoms with E-state index in [1.165, 1.54) is 32.9 Å². The smallest absolute Gasteiger partial charge is 0.343 e. The Morgan fingerprint density at radius 3 is 2.23 bits per heavy atom. The van der Waals surface area contributed by atoms with Crippen molar-refractivity contribution < 1.29 is 27.2 Å². The average Bonchev–Trinajstić information content (AvgIpc) is 2.55. The molecule has 1 rings (SSSR count). The number of carbonyl (C=O) groups is 1. The molecule has 0 aliphatic heterocycles. The Hall–Kier alpha value is -0.820. The predicted molar refractivity (Wildman–Crippen MR) is 101 cm³/mol. The van der Waals surface area contributed by atoms with E-state index in [9.17, 15) is 18.1 Å². The minimum absolute atomic E-state index is 0.0379. The van der Waals surface area contributed by atoms with Gasteiger partial charge in [-0.3, -0.25) is 9.36 Å². The van der Waals surface area contributed by atoms with Crippen LogP contribution in [0.25, 0.3) is 0 Å². The lowest BCUT2D eigenvalue weighted by Gasteiger charge is -2.27. The van der Waals surface area contributed by atoms with Gasteiger partial charge in [-0.15, -0.1) is 0 Å². The Bertz CT molecular complexity index is 662. The lowest BCUT2D eigenvalue weighted by atomic mass is 10.1. The first-order valence-electron chi connectivity index (χ1n) is 8.44. The van der Waals surface area contributed by atoms with Crippen LogP contribution in [0.3, 0.4) is 0 Å². The predicted octanol–water partition coefficient (Wildman–Crippen LogP) is 5.18. The van der Waals surface area contributed by atoms with E-state index in [4.69, 9.17) is 9.05 Å². The number of benzene rings is 1. The molecule has 0 radical (unpaired) electrons. The van der Waals surface area contributed by atoms with E-state index in [1.807, 2.05) is 6.92 Å². The van der Waals surface area contributed by atoms with E-state index in [2.05, 4.69) is 15.9 Å². The molecule has 1 aromatic rings. The Labute approximate surface area is 161 Å². The van der Waals surface area contributed by atoms with Gasteiger partial charge < -0.3 is 13.9 Å². The number of amides is 1. The van der Waals surface area contributed by atoms with Gasteiger partial charge in [0.2, 0.25) is 5.91 Å². The molecule has 9 heteroatoms. The van der Waals surface area contributed by atoms with E-state index in [0.717, 1.165) is 5.56 Å². The molecule has 0 N–H and O–H groups in total. The second kappa shape index (κ2) is 9.93. The summed E-state index contributed by atoms with van der Waals surface area (Å²) in [5.74, 6) is -0.0379. The maximum Gasteiger partial charge on any atom is 0.404 e. The molecule has 0 saturated heterocycles. The minimum atomic E-state index is -4.65.